The Bertz CT molecular complexity index is 2590. The van der Waals surface area contributed by atoms with E-state index < -0.39 is 0 Å². The number of rotatable bonds is 6. The predicted molar refractivity (Wildman–Crippen MR) is 201 cm³/mol. The third-order valence-electron chi connectivity index (χ3n) is 9.06. The van der Waals surface area contributed by atoms with Gasteiger partial charge < -0.3 is 4.57 Å². The molecule has 0 radical (unpaired) electrons. The van der Waals surface area contributed by atoms with Crippen LogP contribution in [0.4, 0.5) is 0 Å². The fraction of sp³-hybridized carbons (Fsp3) is 0. The van der Waals surface area contributed by atoms with E-state index in [9.17, 15) is 0 Å². The molecule has 4 nitrogen and oxygen atoms in total. The molecule has 2 aromatic heterocycles. The van der Waals surface area contributed by atoms with E-state index >= 15 is 0 Å². The highest BCUT2D eigenvalue weighted by molar-refractivity contribution is 6.10. The summed E-state index contributed by atoms with van der Waals surface area (Å²) in [5.74, 6) is 1.90. The van der Waals surface area contributed by atoms with Gasteiger partial charge in [-0.2, -0.15) is 0 Å². The monoisotopic (exact) mass is 626 g/mol. The summed E-state index contributed by atoms with van der Waals surface area (Å²) in [6, 6.07) is 63.3. The largest absolute Gasteiger partial charge is 0.309 e. The van der Waals surface area contributed by atoms with Crippen LogP contribution in [0, 0.1) is 0 Å². The van der Waals surface area contributed by atoms with E-state index in [2.05, 4.69) is 144 Å². The van der Waals surface area contributed by atoms with E-state index in [0.717, 1.165) is 44.5 Å². The normalized spacial score (nSPS) is 11.3. The van der Waals surface area contributed by atoms with Gasteiger partial charge in [0.05, 0.1) is 11.0 Å². The lowest BCUT2D eigenvalue weighted by atomic mass is 9.99. The topological polar surface area (TPSA) is 43.6 Å². The van der Waals surface area contributed by atoms with Gasteiger partial charge in [-0.15, -0.1) is 0 Å². The molecule has 0 spiro atoms. The number of fused-ring (bicyclic) bond motifs is 3. The fourth-order valence-electron chi connectivity index (χ4n) is 6.73. The average molecular weight is 627 g/mol. The summed E-state index contributed by atoms with van der Waals surface area (Å²) in [6.45, 7) is 0. The van der Waals surface area contributed by atoms with Gasteiger partial charge in [-0.3, -0.25) is 0 Å². The third kappa shape index (κ3) is 5.26. The van der Waals surface area contributed by atoms with Crippen LogP contribution < -0.4 is 0 Å². The summed E-state index contributed by atoms with van der Waals surface area (Å²) in [5.41, 5.74) is 10.8. The van der Waals surface area contributed by atoms with Crippen LogP contribution in [0.2, 0.25) is 0 Å². The standard InChI is InChI=1S/C45H30N4/c1-4-15-31(16-5-1)34-27-28-42-40(30-34)38-24-12-13-26-41(38)49(42)36-22-14-21-35(29-36)44-46-43(33-19-8-3-9-20-33)47-45(48-44)39-25-11-10-23-37(39)32-17-6-2-7-18-32/h1-30H. The quantitative estimate of drug-likeness (QED) is 0.184. The molecule has 230 valence electrons. The summed E-state index contributed by atoms with van der Waals surface area (Å²) in [6.07, 6.45) is 0. The van der Waals surface area contributed by atoms with E-state index in [1.807, 2.05) is 42.5 Å². The zero-order valence-corrected chi connectivity index (χ0v) is 26.6. The first-order chi connectivity index (χ1) is 24.3. The van der Waals surface area contributed by atoms with Crippen LogP contribution in [0.1, 0.15) is 0 Å². The number of hydrogen-bond acceptors (Lipinski definition) is 3. The second-order valence-electron chi connectivity index (χ2n) is 12.1. The lowest BCUT2D eigenvalue weighted by molar-refractivity contribution is 1.07. The number of para-hydroxylation sites is 1. The SMILES string of the molecule is c1ccc(-c2ccc3c(c2)c2ccccc2n3-c2cccc(-c3nc(-c4ccccc4)nc(-c4ccccc4-c4ccccc4)n3)c2)cc1. The Kier molecular flexibility index (Phi) is 7.10. The molecule has 9 aromatic rings. The highest BCUT2D eigenvalue weighted by atomic mass is 15.0. The highest BCUT2D eigenvalue weighted by Crippen LogP contribution is 2.36. The van der Waals surface area contributed by atoms with Crippen LogP contribution in [-0.2, 0) is 0 Å². The summed E-state index contributed by atoms with van der Waals surface area (Å²) in [7, 11) is 0. The van der Waals surface area contributed by atoms with Crippen LogP contribution in [0.25, 0.3) is 83.9 Å². The minimum Gasteiger partial charge on any atom is -0.309 e. The Labute approximate surface area is 284 Å². The molecule has 0 saturated heterocycles. The van der Waals surface area contributed by atoms with Crippen molar-refractivity contribution in [2.24, 2.45) is 0 Å². The maximum atomic E-state index is 5.15. The highest BCUT2D eigenvalue weighted by Gasteiger charge is 2.17. The molecule has 0 amide bonds. The zero-order chi connectivity index (χ0) is 32.6. The lowest BCUT2D eigenvalue weighted by Crippen LogP contribution is -2.02. The van der Waals surface area contributed by atoms with Gasteiger partial charge >= 0.3 is 0 Å². The van der Waals surface area contributed by atoms with Crippen molar-refractivity contribution in [1.29, 1.82) is 0 Å². The molecule has 9 rings (SSSR count). The Hall–Kier alpha value is -6.65. The van der Waals surface area contributed by atoms with Gasteiger partial charge in [0.2, 0.25) is 0 Å². The second-order valence-corrected chi connectivity index (χ2v) is 12.1. The van der Waals surface area contributed by atoms with Crippen molar-refractivity contribution in [2.45, 2.75) is 0 Å². The van der Waals surface area contributed by atoms with Crippen molar-refractivity contribution in [3.8, 4) is 62.1 Å². The molecule has 0 saturated carbocycles. The van der Waals surface area contributed by atoms with Gasteiger partial charge in [-0.25, -0.2) is 15.0 Å². The maximum absolute atomic E-state index is 5.15. The molecule has 0 aliphatic heterocycles. The first-order valence-electron chi connectivity index (χ1n) is 16.5. The molecule has 0 fully saturated rings. The van der Waals surface area contributed by atoms with Crippen molar-refractivity contribution in [3.63, 3.8) is 0 Å². The van der Waals surface area contributed by atoms with Gasteiger partial charge in [-0.05, 0) is 52.6 Å². The molecule has 7 aromatic carbocycles. The van der Waals surface area contributed by atoms with Crippen LogP contribution in [0.15, 0.2) is 182 Å². The van der Waals surface area contributed by atoms with E-state index in [4.69, 9.17) is 15.0 Å². The molecule has 0 unspecified atom stereocenters. The third-order valence-corrected chi connectivity index (χ3v) is 9.06. The van der Waals surface area contributed by atoms with Crippen LogP contribution in [-0.4, -0.2) is 19.5 Å². The summed E-state index contributed by atoms with van der Waals surface area (Å²) in [5, 5.41) is 2.43. The number of hydrogen-bond donors (Lipinski definition) is 0. The van der Waals surface area contributed by atoms with E-state index in [-0.39, 0.29) is 0 Å². The van der Waals surface area contributed by atoms with Crippen molar-refractivity contribution in [3.05, 3.63) is 182 Å². The van der Waals surface area contributed by atoms with E-state index in [1.165, 1.54) is 21.9 Å². The first kappa shape index (κ1) is 28.6. The summed E-state index contributed by atoms with van der Waals surface area (Å²) in [4.78, 5) is 15.3. The minimum absolute atomic E-state index is 0.626. The van der Waals surface area contributed by atoms with Gasteiger partial charge in [0.15, 0.2) is 17.5 Å². The van der Waals surface area contributed by atoms with Gasteiger partial charge in [0, 0.05) is 33.2 Å². The number of aromatic nitrogens is 4. The van der Waals surface area contributed by atoms with E-state index in [0.29, 0.717) is 17.5 Å². The van der Waals surface area contributed by atoms with Crippen LogP contribution in [0.3, 0.4) is 0 Å². The molecule has 49 heavy (non-hydrogen) atoms. The van der Waals surface area contributed by atoms with E-state index in [1.54, 1.807) is 0 Å². The molecular formula is C45H30N4. The van der Waals surface area contributed by atoms with Gasteiger partial charge in [-0.1, -0.05) is 152 Å². The molecule has 0 atom stereocenters. The van der Waals surface area contributed by atoms with Crippen LogP contribution >= 0.6 is 0 Å². The molecule has 2 heterocycles. The summed E-state index contributed by atoms with van der Waals surface area (Å²) < 4.78 is 2.34. The van der Waals surface area contributed by atoms with Crippen molar-refractivity contribution >= 4 is 21.8 Å². The van der Waals surface area contributed by atoms with Crippen LogP contribution in [0.5, 0.6) is 0 Å². The molecular weight excluding hydrogens is 597 g/mol. The lowest BCUT2D eigenvalue weighted by Gasteiger charge is -2.13. The maximum Gasteiger partial charge on any atom is 0.164 e. The van der Waals surface area contributed by atoms with Crippen molar-refractivity contribution in [1.82, 2.24) is 19.5 Å². The number of nitrogens with zero attached hydrogens (tertiary/aromatic N) is 4. The molecule has 0 bridgehead atoms. The zero-order valence-electron chi connectivity index (χ0n) is 26.6. The molecule has 0 N–H and O–H groups in total. The Morgan fingerprint density at radius 1 is 0.306 bits per heavy atom. The minimum atomic E-state index is 0.626. The van der Waals surface area contributed by atoms with Crippen molar-refractivity contribution in [2.75, 3.05) is 0 Å². The average Bonchev–Trinajstić information content (AvgIpc) is 3.52. The fourth-order valence-corrected chi connectivity index (χ4v) is 6.73. The Balaban J connectivity index is 1.22. The van der Waals surface area contributed by atoms with Gasteiger partial charge in [0.25, 0.3) is 0 Å². The molecule has 4 heteroatoms. The summed E-state index contributed by atoms with van der Waals surface area (Å²) >= 11 is 0. The molecule has 0 aliphatic rings. The Morgan fingerprint density at radius 3 is 1.61 bits per heavy atom. The second kappa shape index (κ2) is 12.2. The smallest absolute Gasteiger partial charge is 0.164 e. The number of benzene rings is 7. The van der Waals surface area contributed by atoms with Crippen molar-refractivity contribution < 1.29 is 0 Å². The Morgan fingerprint density at radius 2 is 0.857 bits per heavy atom. The molecule has 0 aliphatic carbocycles. The van der Waals surface area contributed by atoms with Gasteiger partial charge in [0.1, 0.15) is 0 Å². The first-order valence-corrected chi connectivity index (χ1v) is 16.5. The predicted octanol–water partition coefficient (Wildman–Crippen LogP) is 11.3.